The number of nitrogens with zero attached hydrogens (tertiary/aromatic N) is 2. The van der Waals surface area contributed by atoms with Gasteiger partial charge in [0.15, 0.2) is 0 Å². The van der Waals surface area contributed by atoms with Crippen LogP contribution < -0.4 is 9.47 Å². The Labute approximate surface area is 254 Å². The number of carbonyl (C=O) groups excluding carboxylic acids is 2. The monoisotopic (exact) mass is 626 g/mol. The van der Waals surface area contributed by atoms with E-state index in [0.717, 1.165) is 19.4 Å². The van der Waals surface area contributed by atoms with Gasteiger partial charge in [-0.2, -0.15) is 0 Å². The van der Waals surface area contributed by atoms with Crippen molar-refractivity contribution in [1.82, 2.24) is 8.61 Å². The second-order valence-corrected chi connectivity index (χ2v) is 11.4. The molecule has 0 aliphatic rings. The zero-order valence-electron chi connectivity index (χ0n) is 23.5. The first-order chi connectivity index (χ1) is 20.8. The Balaban J connectivity index is 1.29. The maximum Gasteiger partial charge on any atom is 0.428 e. The lowest BCUT2D eigenvalue weighted by molar-refractivity contribution is 0.0100. The third-order valence-corrected chi connectivity index (χ3v) is 7.88. The Morgan fingerprint density at radius 1 is 0.721 bits per heavy atom. The average Bonchev–Trinajstić information content (AvgIpc) is 3.03. The van der Waals surface area contributed by atoms with Crippen molar-refractivity contribution < 1.29 is 40.6 Å². The molecule has 0 aliphatic carbocycles. The Kier molecular flexibility index (Phi) is 11.4. The summed E-state index contributed by atoms with van der Waals surface area (Å²) >= 11 is -4.51. The molecule has 4 aromatic carbocycles. The van der Waals surface area contributed by atoms with Gasteiger partial charge in [-0.1, -0.05) is 78.9 Å². The van der Waals surface area contributed by atoms with E-state index in [0.29, 0.717) is 22.3 Å². The second-order valence-electron chi connectivity index (χ2n) is 8.93. The molecule has 0 radical (unpaired) electrons. The fourth-order valence-electron chi connectivity index (χ4n) is 3.78. The summed E-state index contributed by atoms with van der Waals surface area (Å²) in [5, 5.41) is 3.18. The molecule has 2 unspecified atom stereocenters. The fourth-order valence-corrected chi connectivity index (χ4v) is 4.95. The highest BCUT2D eigenvalue weighted by molar-refractivity contribution is 7.78. The SMILES string of the molecule is C=CCOC(COS(=O)N(C)C(=O)Oc1cccc2ccccc12)COS(=O)N(C)C(=O)Oc1cccc2ccccc12. The molecular weight excluding hydrogens is 596 g/mol. The number of carbonyl (C=O) groups is 2. The first kappa shape index (κ1) is 31.8. The van der Waals surface area contributed by atoms with Gasteiger partial charge in [-0.3, -0.25) is 8.37 Å². The lowest BCUT2D eigenvalue weighted by Crippen LogP contribution is -2.37. The largest absolute Gasteiger partial charge is 0.428 e. The third-order valence-electron chi connectivity index (χ3n) is 6.01. The predicted molar refractivity (Wildman–Crippen MR) is 164 cm³/mol. The van der Waals surface area contributed by atoms with Crippen LogP contribution in [0.25, 0.3) is 21.5 Å². The van der Waals surface area contributed by atoms with Crippen LogP contribution in [0.5, 0.6) is 11.5 Å². The lowest BCUT2D eigenvalue weighted by atomic mass is 10.1. The summed E-state index contributed by atoms with van der Waals surface area (Å²) in [6, 6.07) is 25.2. The molecule has 0 saturated heterocycles. The zero-order chi connectivity index (χ0) is 30.8. The molecule has 0 fully saturated rings. The summed E-state index contributed by atoms with van der Waals surface area (Å²) in [6.07, 6.45) is -1.21. The minimum atomic E-state index is -2.26. The highest BCUT2D eigenvalue weighted by Gasteiger charge is 2.24. The molecule has 2 atom stereocenters. The lowest BCUT2D eigenvalue weighted by Gasteiger charge is -2.21. The van der Waals surface area contributed by atoms with E-state index in [-0.39, 0.29) is 19.8 Å². The quantitative estimate of drug-likeness (QED) is 0.182. The Morgan fingerprint density at radius 3 is 1.58 bits per heavy atom. The topological polar surface area (TPSA) is 121 Å². The molecular formula is C30H30N2O9S2. The van der Waals surface area contributed by atoms with E-state index in [1.807, 2.05) is 48.5 Å². The van der Waals surface area contributed by atoms with Crippen LogP contribution in [0.1, 0.15) is 0 Å². The number of ether oxygens (including phenoxy) is 3. The molecule has 226 valence electrons. The summed E-state index contributed by atoms with van der Waals surface area (Å²) in [6.45, 7) is 3.04. The van der Waals surface area contributed by atoms with E-state index in [4.69, 9.17) is 22.6 Å². The number of rotatable bonds is 13. The van der Waals surface area contributed by atoms with Crippen LogP contribution in [0.15, 0.2) is 97.6 Å². The van der Waals surface area contributed by atoms with Crippen LogP contribution in [0.3, 0.4) is 0 Å². The van der Waals surface area contributed by atoms with Crippen LogP contribution >= 0.6 is 0 Å². The summed E-state index contributed by atoms with van der Waals surface area (Å²) < 4.78 is 54.0. The van der Waals surface area contributed by atoms with E-state index in [9.17, 15) is 18.0 Å². The standard InChI is InChI=1S/C30H30N2O9S2/c1-4-19-37-24(20-38-42(35)31(2)29(33)40-27-17-9-13-22-11-5-7-15-25(22)27)21-39-43(36)32(3)30(34)41-28-18-10-14-23-12-6-8-16-26(23)28/h4-18,24H,1,19-21H2,2-3H3. The van der Waals surface area contributed by atoms with Crippen molar-refractivity contribution in [3.05, 3.63) is 97.6 Å². The minimum absolute atomic E-state index is 0.0780. The Bertz CT molecular complexity index is 1520. The number of benzene rings is 4. The maximum absolute atomic E-state index is 12.7. The van der Waals surface area contributed by atoms with Crippen LogP contribution in [0.2, 0.25) is 0 Å². The van der Waals surface area contributed by atoms with Crippen molar-refractivity contribution in [1.29, 1.82) is 0 Å². The van der Waals surface area contributed by atoms with Gasteiger partial charge in [0.1, 0.15) is 17.6 Å². The zero-order valence-corrected chi connectivity index (χ0v) is 25.1. The van der Waals surface area contributed by atoms with E-state index in [1.165, 1.54) is 20.2 Å². The van der Waals surface area contributed by atoms with Crippen molar-refractivity contribution in [3.63, 3.8) is 0 Å². The molecule has 0 N–H and O–H groups in total. The summed E-state index contributed by atoms with van der Waals surface area (Å²) in [7, 11) is 2.51. The Hall–Kier alpha value is -4.14. The third kappa shape index (κ3) is 8.46. The maximum atomic E-state index is 12.7. The van der Waals surface area contributed by atoms with E-state index in [2.05, 4.69) is 6.58 Å². The van der Waals surface area contributed by atoms with Gasteiger partial charge in [0, 0.05) is 24.9 Å². The highest BCUT2D eigenvalue weighted by atomic mass is 32.2. The van der Waals surface area contributed by atoms with Gasteiger partial charge in [0.25, 0.3) is 22.5 Å². The van der Waals surface area contributed by atoms with Crippen molar-refractivity contribution in [3.8, 4) is 11.5 Å². The molecule has 0 heterocycles. The first-order valence-electron chi connectivity index (χ1n) is 13.0. The summed E-state index contributed by atoms with van der Waals surface area (Å²) in [4.78, 5) is 25.3. The molecule has 2 amide bonds. The molecule has 43 heavy (non-hydrogen) atoms. The van der Waals surface area contributed by atoms with Gasteiger partial charge in [-0.25, -0.2) is 26.6 Å². The van der Waals surface area contributed by atoms with Crippen LogP contribution in [-0.2, 0) is 35.6 Å². The molecule has 0 saturated carbocycles. The molecule has 13 heteroatoms. The predicted octanol–water partition coefficient (Wildman–Crippen LogP) is 5.32. The smallest absolute Gasteiger partial charge is 0.409 e. The number of fused-ring (bicyclic) bond motifs is 2. The van der Waals surface area contributed by atoms with Gasteiger partial charge in [0.05, 0.1) is 19.8 Å². The average molecular weight is 627 g/mol. The highest BCUT2D eigenvalue weighted by Crippen LogP contribution is 2.27. The Morgan fingerprint density at radius 2 is 1.14 bits per heavy atom. The second kappa shape index (κ2) is 15.4. The summed E-state index contributed by atoms with van der Waals surface area (Å²) in [5.41, 5.74) is 0. The first-order valence-corrected chi connectivity index (χ1v) is 15.0. The molecule has 4 rings (SSSR count). The van der Waals surface area contributed by atoms with Gasteiger partial charge in [-0.05, 0) is 22.9 Å². The van der Waals surface area contributed by atoms with Crippen LogP contribution in [0, 0.1) is 0 Å². The molecule has 0 spiro atoms. The van der Waals surface area contributed by atoms with Crippen LogP contribution in [-0.4, -0.2) is 69.2 Å². The van der Waals surface area contributed by atoms with Crippen molar-refractivity contribution >= 4 is 56.3 Å². The number of hydrogen-bond donors (Lipinski definition) is 0. The molecule has 11 nitrogen and oxygen atoms in total. The van der Waals surface area contributed by atoms with Gasteiger partial charge in [-0.15, -0.1) is 6.58 Å². The van der Waals surface area contributed by atoms with Crippen molar-refractivity contribution in [2.24, 2.45) is 0 Å². The molecule has 4 aromatic rings. The van der Waals surface area contributed by atoms with Gasteiger partial charge < -0.3 is 14.2 Å². The van der Waals surface area contributed by atoms with Crippen LogP contribution in [0.4, 0.5) is 9.59 Å². The van der Waals surface area contributed by atoms with Gasteiger partial charge in [0.2, 0.25) is 0 Å². The molecule has 0 aliphatic heterocycles. The van der Waals surface area contributed by atoms with Crippen molar-refractivity contribution in [2.45, 2.75) is 6.10 Å². The van der Waals surface area contributed by atoms with E-state index in [1.54, 1.807) is 36.4 Å². The molecule has 0 aromatic heterocycles. The minimum Gasteiger partial charge on any atom is -0.409 e. The van der Waals surface area contributed by atoms with Gasteiger partial charge >= 0.3 is 12.2 Å². The molecule has 0 bridgehead atoms. The normalized spacial score (nSPS) is 13.2. The van der Waals surface area contributed by atoms with Crippen molar-refractivity contribution in [2.75, 3.05) is 33.9 Å². The van der Waals surface area contributed by atoms with E-state index >= 15 is 0 Å². The number of amides is 2. The summed E-state index contributed by atoms with van der Waals surface area (Å²) in [5.74, 6) is 0.608. The number of hydrogen-bond acceptors (Lipinski definition) is 9. The fraction of sp³-hybridized carbons (Fsp3) is 0.200. The van der Waals surface area contributed by atoms with E-state index < -0.39 is 40.8 Å².